The first-order valence-electron chi connectivity index (χ1n) is 8.59. The van der Waals surface area contributed by atoms with Gasteiger partial charge in [-0.3, -0.25) is 0 Å². The number of benzene rings is 1. The Morgan fingerprint density at radius 3 is 2.61 bits per heavy atom. The van der Waals surface area contributed by atoms with Crippen LogP contribution in [0, 0.1) is 11.8 Å². The summed E-state index contributed by atoms with van der Waals surface area (Å²) in [5.41, 5.74) is 1.13. The maximum Gasteiger partial charge on any atom is 0.317 e. The van der Waals surface area contributed by atoms with Gasteiger partial charge >= 0.3 is 6.03 Å². The largest absolute Gasteiger partial charge is 0.396 e. The second-order valence-electron chi connectivity index (χ2n) is 6.81. The maximum absolute atomic E-state index is 12.7. The van der Waals surface area contributed by atoms with Gasteiger partial charge in [0, 0.05) is 24.7 Å². The Bertz CT molecular complexity index is 530. The van der Waals surface area contributed by atoms with Crippen molar-refractivity contribution in [3.05, 3.63) is 34.9 Å². The molecule has 0 unspecified atom stereocenters. The van der Waals surface area contributed by atoms with Crippen LogP contribution in [0.4, 0.5) is 4.79 Å². The molecule has 0 spiro atoms. The minimum absolute atomic E-state index is 0.00463. The van der Waals surface area contributed by atoms with Crippen LogP contribution < -0.4 is 5.32 Å². The third-order valence-corrected chi connectivity index (χ3v) is 5.45. The summed E-state index contributed by atoms with van der Waals surface area (Å²) < 4.78 is 0. The fourth-order valence-corrected chi connectivity index (χ4v) is 3.67. The topological polar surface area (TPSA) is 52.6 Å². The van der Waals surface area contributed by atoms with E-state index in [2.05, 4.69) is 5.32 Å². The molecular formula is C18H25ClN2O2. The molecule has 2 aliphatic rings. The molecule has 23 heavy (non-hydrogen) atoms. The Morgan fingerprint density at radius 1 is 1.26 bits per heavy atom. The number of urea groups is 1. The molecule has 2 fully saturated rings. The van der Waals surface area contributed by atoms with Gasteiger partial charge < -0.3 is 15.3 Å². The number of aliphatic hydroxyl groups excluding tert-OH is 1. The highest BCUT2D eigenvalue weighted by atomic mass is 35.5. The minimum atomic E-state index is -0.00463. The standard InChI is InChI=1S/C18H25ClN2O2/c19-16-8-6-15(7-9-16)17(14-4-1-5-14)20-18(23)21-10-2-3-13(11-21)12-22/h6-9,13-14,17,22H,1-5,10-12H2,(H,20,23)/t13-,17-/m1/s1. The van der Waals surface area contributed by atoms with Gasteiger partial charge in [-0.05, 0) is 55.2 Å². The van der Waals surface area contributed by atoms with E-state index in [1.165, 1.54) is 6.42 Å². The van der Waals surface area contributed by atoms with Gasteiger partial charge in [0.1, 0.15) is 0 Å². The zero-order valence-corrected chi connectivity index (χ0v) is 14.1. The lowest BCUT2D eigenvalue weighted by atomic mass is 9.77. The summed E-state index contributed by atoms with van der Waals surface area (Å²) in [5.74, 6) is 0.728. The molecule has 0 aromatic heterocycles. The monoisotopic (exact) mass is 336 g/mol. The normalized spacial score (nSPS) is 23.2. The second-order valence-corrected chi connectivity index (χ2v) is 7.24. The molecule has 1 aliphatic carbocycles. The number of aliphatic hydroxyl groups is 1. The van der Waals surface area contributed by atoms with Gasteiger partial charge in [-0.1, -0.05) is 30.2 Å². The smallest absolute Gasteiger partial charge is 0.317 e. The zero-order valence-electron chi connectivity index (χ0n) is 13.4. The van der Waals surface area contributed by atoms with Crippen LogP contribution in [0.2, 0.25) is 5.02 Å². The summed E-state index contributed by atoms with van der Waals surface area (Å²) >= 11 is 5.98. The van der Waals surface area contributed by atoms with Crippen LogP contribution in [0.3, 0.4) is 0 Å². The second kappa shape index (κ2) is 7.54. The Balaban J connectivity index is 1.68. The van der Waals surface area contributed by atoms with Crippen LogP contribution in [0.15, 0.2) is 24.3 Å². The molecule has 5 heteroatoms. The molecule has 1 saturated heterocycles. The number of rotatable bonds is 4. The molecule has 1 heterocycles. The van der Waals surface area contributed by atoms with Crippen molar-refractivity contribution in [2.75, 3.05) is 19.7 Å². The van der Waals surface area contributed by atoms with E-state index in [0.717, 1.165) is 37.8 Å². The molecule has 1 aliphatic heterocycles. The van der Waals surface area contributed by atoms with E-state index < -0.39 is 0 Å². The van der Waals surface area contributed by atoms with Crippen molar-refractivity contribution in [1.82, 2.24) is 10.2 Å². The molecule has 1 aromatic rings. The SMILES string of the molecule is O=C(N[C@@H](c1ccc(Cl)cc1)C1CCC1)N1CCC[C@@H](CO)C1. The summed E-state index contributed by atoms with van der Waals surface area (Å²) in [4.78, 5) is 14.5. The highest BCUT2D eigenvalue weighted by Crippen LogP contribution is 2.38. The van der Waals surface area contributed by atoms with Crippen molar-refractivity contribution >= 4 is 17.6 Å². The van der Waals surface area contributed by atoms with Crippen molar-refractivity contribution in [2.45, 2.75) is 38.1 Å². The first-order chi connectivity index (χ1) is 11.2. The average molecular weight is 337 g/mol. The molecule has 1 aromatic carbocycles. The maximum atomic E-state index is 12.7. The Kier molecular flexibility index (Phi) is 5.44. The molecule has 4 nitrogen and oxygen atoms in total. The lowest BCUT2D eigenvalue weighted by Gasteiger charge is -2.38. The fraction of sp³-hybridized carbons (Fsp3) is 0.611. The van der Waals surface area contributed by atoms with E-state index in [4.69, 9.17) is 11.6 Å². The lowest BCUT2D eigenvalue weighted by molar-refractivity contribution is 0.123. The Morgan fingerprint density at radius 2 is 2.00 bits per heavy atom. The fourth-order valence-electron chi connectivity index (χ4n) is 3.54. The number of halogens is 1. The predicted molar refractivity (Wildman–Crippen MR) is 91.4 cm³/mol. The number of piperidine rings is 1. The number of amides is 2. The van der Waals surface area contributed by atoms with E-state index in [-0.39, 0.29) is 24.6 Å². The summed E-state index contributed by atoms with van der Waals surface area (Å²) in [7, 11) is 0. The van der Waals surface area contributed by atoms with E-state index in [1.54, 1.807) is 0 Å². The highest BCUT2D eigenvalue weighted by Gasteiger charge is 2.32. The summed E-state index contributed by atoms with van der Waals surface area (Å²) in [6, 6.07) is 7.85. The molecule has 2 atom stereocenters. The number of hydrogen-bond donors (Lipinski definition) is 2. The highest BCUT2D eigenvalue weighted by molar-refractivity contribution is 6.30. The van der Waals surface area contributed by atoms with Gasteiger partial charge in [0.25, 0.3) is 0 Å². The first kappa shape index (κ1) is 16.6. The van der Waals surface area contributed by atoms with Gasteiger partial charge in [-0.2, -0.15) is 0 Å². The van der Waals surface area contributed by atoms with Gasteiger partial charge in [0.05, 0.1) is 6.04 Å². The molecule has 3 rings (SSSR count). The Hall–Kier alpha value is -1.26. The molecule has 2 N–H and O–H groups in total. The van der Waals surface area contributed by atoms with Crippen LogP contribution in [-0.2, 0) is 0 Å². The number of likely N-dealkylation sites (tertiary alicyclic amines) is 1. The van der Waals surface area contributed by atoms with E-state index >= 15 is 0 Å². The molecule has 1 saturated carbocycles. The van der Waals surface area contributed by atoms with Crippen molar-refractivity contribution in [2.24, 2.45) is 11.8 Å². The third kappa shape index (κ3) is 3.99. The van der Waals surface area contributed by atoms with Crippen molar-refractivity contribution in [1.29, 1.82) is 0 Å². The number of nitrogens with zero attached hydrogens (tertiary/aromatic N) is 1. The third-order valence-electron chi connectivity index (χ3n) is 5.19. The number of nitrogens with one attached hydrogen (secondary N) is 1. The van der Waals surface area contributed by atoms with Crippen LogP contribution in [-0.4, -0.2) is 35.7 Å². The van der Waals surface area contributed by atoms with Gasteiger partial charge in [0.15, 0.2) is 0 Å². The molecule has 2 amide bonds. The van der Waals surface area contributed by atoms with Crippen LogP contribution in [0.5, 0.6) is 0 Å². The van der Waals surface area contributed by atoms with Crippen LogP contribution >= 0.6 is 11.6 Å². The quantitative estimate of drug-likeness (QED) is 0.882. The summed E-state index contributed by atoms with van der Waals surface area (Å²) in [6.45, 7) is 1.59. The summed E-state index contributed by atoms with van der Waals surface area (Å²) in [5, 5.41) is 13.3. The van der Waals surface area contributed by atoms with Crippen molar-refractivity contribution < 1.29 is 9.90 Å². The predicted octanol–water partition coefficient (Wildman–Crippen LogP) is 3.60. The van der Waals surface area contributed by atoms with E-state index in [1.807, 2.05) is 29.2 Å². The average Bonchev–Trinajstić information content (AvgIpc) is 2.53. The van der Waals surface area contributed by atoms with E-state index in [0.29, 0.717) is 17.5 Å². The van der Waals surface area contributed by atoms with Gasteiger partial charge in [-0.25, -0.2) is 4.79 Å². The number of carbonyl (C=O) groups is 1. The number of hydrogen-bond acceptors (Lipinski definition) is 2. The summed E-state index contributed by atoms with van der Waals surface area (Å²) in [6.07, 6.45) is 5.53. The molecule has 126 valence electrons. The molecule has 0 bridgehead atoms. The lowest BCUT2D eigenvalue weighted by Crippen LogP contribution is -2.48. The zero-order chi connectivity index (χ0) is 16.2. The first-order valence-corrected chi connectivity index (χ1v) is 8.97. The van der Waals surface area contributed by atoms with E-state index in [9.17, 15) is 9.90 Å². The molecular weight excluding hydrogens is 312 g/mol. The van der Waals surface area contributed by atoms with Gasteiger partial charge in [-0.15, -0.1) is 0 Å². The minimum Gasteiger partial charge on any atom is -0.396 e. The van der Waals surface area contributed by atoms with Crippen LogP contribution in [0.25, 0.3) is 0 Å². The van der Waals surface area contributed by atoms with Crippen molar-refractivity contribution in [3.63, 3.8) is 0 Å². The van der Waals surface area contributed by atoms with Gasteiger partial charge in [0.2, 0.25) is 0 Å². The molecule has 0 radical (unpaired) electrons. The van der Waals surface area contributed by atoms with Crippen molar-refractivity contribution in [3.8, 4) is 0 Å². The Labute approximate surface area is 142 Å². The van der Waals surface area contributed by atoms with Crippen LogP contribution in [0.1, 0.15) is 43.7 Å². The number of carbonyl (C=O) groups excluding carboxylic acids is 1.